The van der Waals surface area contributed by atoms with Gasteiger partial charge in [-0.05, 0) is 6.07 Å². The molecule has 0 spiro atoms. The number of H-pyrrole nitrogens is 2. The molecule has 1 aliphatic heterocycles. The monoisotopic (exact) mass is 450 g/mol. The Morgan fingerprint density at radius 2 is 1.97 bits per heavy atom. The summed E-state index contributed by atoms with van der Waals surface area (Å²) in [5, 5.41) is 18.0. The van der Waals surface area contributed by atoms with Gasteiger partial charge in [-0.25, -0.2) is 4.98 Å². The number of hydrogen-bond acceptors (Lipinski definition) is 6. The summed E-state index contributed by atoms with van der Waals surface area (Å²) < 4.78 is 1.73. The summed E-state index contributed by atoms with van der Waals surface area (Å²) in [6.07, 6.45) is 6.74. The number of aromatic amines is 2. The minimum absolute atomic E-state index is 0.00565. The normalized spacial score (nSPS) is 14.3. The Hall–Kier alpha value is -3.93. The van der Waals surface area contributed by atoms with Gasteiger partial charge in [0, 0.05) is 37.5 Å². The molecule has 1 atom stereocenters. The first kappa shape index (κ1) is 23.3. The lowest BCUT2D eigenvalue weighted by Gasteiger charge is -2.31. The highest BCUT2D eigenvalue weighted by molar-refractivity contribution is 6.30. The molecular formula is C18H19ClN6O6. The van der Waals surface area contributed by atoms with E-state index in [-0.39, 0.29) is 29.8 Å². The summed E-state index contributed by atoms with van der Waals surface area (Å²) in [5.41, 5.74) is 2.74. The van der Waals surface area contributed by atoms with Crippen LogP contribution in [0.15, 0.2) is 35.8 Å². The highest BCUT2D eigenvalue weighted by Crippen LogP contribution is 2.31. The van der Waals surface area contributed by atoms with Gasteiger partial charge in [0.05, 0.1) is 36.0 Å². The molecule has 0 fully saturated rings. The number of aryl methyl sites for hydroxylation is 1. The van der Waals surface area contributed by atoms with Gasteiger partial charge in [0.2, 0.25) is 0 Å². The molecule has 0 aromatic carbocycles. The van der Waals surface area contributed by atoms with E-state index < -0.39 is 5.56 Å². The fourth-order valence-corrected chi connectivity index (χ4v) is 3.29. The topological polar surface area (TPSA) is 174 Å². The van der Waals surface area contributed by atoms with Gasteiger partial charge in [0.15, 0.2) is 0 Å². The molecule has 0 saturated carbocycles. The molecular weight excluding hydrogens is 432 g/mol. The molecule has 13 heteroatoms. The second-order valence-corrected chi connectivity index (χ2v) is 6.64. The maximum absolute atomic E-state index is 12.9. The first-order valence-corrected chi connectivity index (χ1v) is 9.07. The number of carbonyl (C=O) groups excluding carboxylic acids is 1. The fraction of sp³-hybridized carbons (Fsp3) is 0.222. The van der Waals surface area contributed by atoms with Crippen molar-refractivity contribution in [3.8, 4) is 0 Å². The molecule has 0 radical (unpaired) electrons. The van der Waals surface area contributed by atoms with Crippen LogP contribution in [0.1, 0.15) is 33.2 Å². The number of nitrogens with one attached hydrogen (secondary N) is 2. The van der Waals surface area contributed by atoms with Crippen LogP contribution in [0.5, 0.6) is 0 Å². The fourth-order valence-electron chi connectivity index (χ4n) is 3.12. The van der Waals surface area contributed by atoms with Gasteiger partial charge in [-0.15, -0.1) is 0 Å². The summed E-state index contributed by atoms with van der Waals surface area (Å²) in [4.78, 5) is 52.7. The van der Waals surface area contributed by atoms with Crippen LogP contribution in [-0.2, 0) is 23.2 Å². The number of rotatable bonds is 2. The largest absolute Gasteiger partial charge is 0.483 e. The molecule has 4 N–H and O–H groups in total. The van der Waals surface area contributed by atoms with Crippen molar-refractivity contribution in [2.24, 2.45) is 7.05 Å². The minimum Gasteiger partial charge on any atom is -0.483 e. The molecule has 1 amide bonds. The van der Waals surface area contributed by atoms with Crippen LogP contribution in [0.2, 0.25) is 5.02 Å². The smallest absolute Gasteiger partial charge is 0.290 e. The van der Waals surface area contributed by atoms with E-state index in [1.165, 1.54) is 12.3 Å². The van der Waals surface area contributed by atoms with Crippen LogP contribution in [0.3, 0.4) is 0 Å². The van der Waals surface area contributed by atoms with Crippen molar-refractivity contribution in [3.63, 3.8) is 0 Å². The Morgan fingerprint density at radius 1 is 1.29 bits per heavy atom. The molecule has 0 bridgehead atoms. The Morgan fingerprint density at radius 3 is 2.55 bits per heavy atom. The number of nitrogens with zero attached hydrogens (tertiary/aromatic N) is 4. The van der Waals surface area contributed by atoms with Gasteiger partial charge in [0.25, 0.3) is 24.4 Å². The molecule has 1 unspecified atom stereocenters. The summed E-state index contributed by atoms with van der Waals surface area (Å²) in [5.74, 6) is -0.266. The van der Waals surface area contributed by atoms with Crippen LogP contribution >= 0.6 is 11.6 Å². The quantitative estimate of drug-likeness (QED) is 0.412. The molecule has 164 valence electrons. The average Bonchev–Trinajstić information content (AvgIpc) is 3.39. The Balaban J connectivity index is 0.000000513. The SMILES string of the molecule is Cn1cc(C2CN(C(=O)c3c[nH]c(=O)c(Cl)c3)Cc3[nH]cnc32)cn1.O=CO.O=CO. The third-order valence-corrected chi connectivity index (χ3v) is 4.63. The van der Waals surface area contributed by atoms with Crippen molar-refractivity contribution in [1.29, 1.82) is 0 Å². The second-order valence-electron chi connectivity index (χ2n) is 6.23. The summed E-state index contributed by atoms with van der Waals surface area (Å²) in [6, 6.07) is 1.39. The number of aromatic nitrogens is 5. The molecule has 1 aliphatic rings. The molecule has 4 rings (SSSR count). The van der Waals surface area contributed by atoms with Gasteiger partial charge in [-0.2, -0.15) is 5.10 Å². The van der Waals surface area contributed by atoms with Gasteiger partial charge < -0.3 is 25.1 Å². The van der Waals surface area contributed by atoms with E-state index in [0.717, 1.165) is 17.0 Å². The number of pyridine rings is 1. The van der Waals surface area contributed by atoms with Gasteiger partial charge in [0.1, 0.15) is 5.02 Å². The van der Waals surface area contributed by atoms with E-state index in [9.17, 15) is 9.59 Å². The predicted octanol–water partition coefficient (Wildman–Crippen LogP) is 0.674. The summed E-state index contributed by atoms with van der Waals surface area (Å²) in [7, 11) is 1.85. The van der Waals surface area contributed by atoms with Gasteiger partial charge >= 0.3 is 0 Å². The standard InChI is InChI=1S/C16H15ClN6O2.2CH2O2/c1-22-5-10(4-21-22)11-6-23(7-13-14(11)20-8-19-13)16(25)9-2-12(17)15(24)18-3-9;2*2-1-3/h2-5,8,11H,6-7H2,1H3,(H,18,24)(H,19,20);2*1H,(H,2,3). The number of fused-ring (bicyclic) bond motifs is 1. The van der Waals surface area contributed by atoms with Crippen molar-refractivity contribution in [3.05, 3.63) is 68.9 Å². The third-order valence-electron chi connectivity index (χ3n) is 4.35. The van der Waals surface area contributed by atoms with Crippen molar-refractivity contribution < 1.29 is 24.6 Å². The first-order chi connectivity index (χ1) is 14.9. The zero-order valence-corrected chi connectivity index (χ0v) is 17.0. The molecule has 0 aliphatic carbocycles. The first-order valence-electron chi connectivity index (χ1n) is 8.70. The molecule has 0 saturated heterocycles. The third kappa shape index (κ3) is 5.57. The molecule has 31 heavy (non-hydrogen) atoms. The summed E-state index contributed by atoms with van der Waals surface area (Å²) >= 11 is 5.85. The van der Waals surface area contributed by atoms with E-state index >= 15 is 0 Å². The molecule has 12 nitrogen and oxygen atoms in total. The lowest BCUT2D eigenvalue weighted by atomic mass is 9.93. The minimum atomic E-state index is -0.416. The van der Waals surface area contributed by atoms with Gasteiger partial charge in [-0.1, -0.05) is 11.6 Å². The van der Waals surface area contributed by atoms with Crippen LogP contribution in [0.25, 0.3) is 0 Å². The molecule has 3 aromatic rings. The van der Waals surface area contributed by atoms with Crippen molar-refractivity contribution >= 4 is 30.5 Å². The number of imidazole rings is 1. The Kier molecular flexibility index (Phi) is 8.09. The highest BCUT2D eigenvalue weighted by Gasteiger charge is 2.32. The van der Waals surface area contributed by atoms with Crippen LogP contribution < -0.4 is 5.56 Å². The lowest BCUT2D eigenvalue weighted by molar-refractivity contribution is -0.123. The number of carbonyl (C=O) groups is 3. The van der Waals surface area contributed by atoms with E-state index in [2.05, 4.69) is 20.1 Å². The summed E-state index contributed by atoms with van der Waals surface area (Å²) in [6.45, 7) is 0.390. The van der Waals surface area contributed by atoms with E-state index in [4.69, 9.17) is 31.4 Å². The number of halogens is 1. The maximum atomic E-state index is 12.9. The van der Waals surface area contributed by atoms with Crippen LogP contribution in [0.4, 0.5) is 0 Å². The zero-order chi connectivity index (χ0) is 23.0. The number of carboxylic acid groups (broad SMARTS) is 2. The zero-order valence-electron chi connectivity index (χ0n) is 16.2. The Labute approximate surface area is 180 Å². The van der Waals surface area contributed by atoms with Crippen molar-refractivity contribution in [2.75, 3.05) is 6.54 Å². The van der Waals surface area contributed by atoms with Crippen LogP contribution in [0, 0.1) is 0 Å². The second kappa shape index (κ2) is 10.7. The Bertz CT molecular complexity index is 1100. The molecule has 3 aromatic heterocycles. The van der Waals surface area contributed by atoms with E-state index in [1.807, 2.05) is 13.2 Å². The van der Waals surface area contributed by atoms with Gasteiger partial charge in [-0.3, -0.25) is 23.9 Å². The number of amides is 1. The van der Waals surface area contributed by atoms with Crippen molar-refractivity contribution in [2.45, 2.75) is 12.5 Å². The average molecular weight is 451 g/mol. The predicted molar refractivity (Wildman–Crippen MR) is 108 cm³/mol. The van der Waals surface area contributed by atoms with Crippen molar-refractivity contribution in [1.82, 2.24) is 29.6 Å². The molecule has 4 heterocycles. The van der Waals surface area contributed by atoms with E-state index in [1.54, 1.807) is 22.1 Å². The maximum Gasteiger partial charge on any atom is 0.290 e. The van der Waals surface area contributed by atoms with E-state index in [0.29, 0.717) is 18.7 Å². The lowest BCUT2D eigenvalue weighted by Crippen LogP contribution is -2.39. The van der Waals surface area contributed by atoms with Crippen LogP contribution in [-0.4, -0.2) is 65.2 Å². The number of hydrogen-bond donors (Lipinski definition) is 4. The highest BCUT2D eigenvalue weighted by atomic mass is 35.5.